The molecule has 150 valence electrons. The standard InChI is InChI=1S/C21H28N4O2S/c1-5-7-10-13-28-21-23-20-22-15(4)17(19(26)27-6-2)18(25(20)24-21)16-12-9-8-11-14(16)3/h8-9,11-12,18H,5-7,10,13H2,1-4H3,(H,22,23,24)/t18-/m1/s1. The van der Waals surface area contributed by atoms with Crippen molar-refractivity contribution in [2.75, 3.05) is 17.7 Å². The van der Waals surface area contributed by atoms with Crippen molar-refractivity contribution in [2.45, 2.75) is 58.2 Å². The van der Waals surface area contributed by atoms with Crippen LogP contribution in [-0.4, -0.2) is 33.1 Å². The number of aromatic nitrogens is 3. The van der Waals surface area contributed by atoms with Gasteiger partial charge in [0.1, 0.15) is 6.04 Å². The second-order valence-corrected chi connectivity index (χ2v) is 7.92. The summed E-state index contributed by atoms with van der Waals surface area (Å²) in [4.78, 5) is 17.4. The van der Waals surface area contributed by atoms with Gasteiger partial charge in [-0.1, -0.05) is 55.8 Å². The monoisotopic (exact) mass is 400 g/mol. The van der Waals surface area contributed by atoms with Crippen molar-refractivity contribution in [3.05, 3.63) is 46.7 Å². The van der Waals surface area contributed by atoms with Gasteiger partial charge in [-0.05, 0) is 38.3 Å². The largest absolute Gasteiger partial charge is 0.463 e. The maximum absolute atomic E-state index is 12.8. The van der Waals surface area contributed by atoms with Crippen LogP contribution in [-0.2, 0) is 9.53 Å². The molecule has 28 heavy (non-hydrogen) atoms. The number of ether oxygens (including phenoxy) is 1. The highest BCUT2D eigenvalue weighted by Crippen LogP contribution is 2.37. The lowest BCUT2D eigenvalue weighted by Crippen LogP contribution is -2.30. The number of carbonyl (C=O) groups is 1. The molecule has 1 aliphatic heterocycles. The zero-order valence-electron chi connectivity index (χ0n) is 17.0. The molecule has 0 radical (unpaired) electrons. The van der Waals surface area contributed by atoms with Crippen LogP contribution in [0.15, 0.2) is 40.7 Å². The van der Waals surface area contributed by atoms with Crippen molar-refractivity contribution in [3.63, 3.8) is 0 Å². The molecule has 3 rings (SSSR count). The van der Waals surface area contributed by atoms with Gasteiger partial charge in [0.15, 0.2) is 0 Å². The van der Waals surface area contributed by atoms with E-state index >= 15 is 0 Å². The smallest absolute Gasteiger partial charge is 0.338 e. The Kier molecular flexibility index (Phi) is 6.78. The lowest BCUT2D eigenvalue weighted by atomic mass is 9.93. The Labute approximate surface area is 170 Å². The van der Waals surface area contributed by atoms with E-state index in [2.05, 4.69) is 17.2 Å². The van der Waals surface area contributed by atoms with Crippen LogP contribution in [0.3, 0.4) is 0 Å². The van der Waals surface area contributed by atoms with Crippen LogP contribution in [0.1, 0.15) is 57.2 Å². The lowest BCUT2D eigenvalue weighted by Gasteiger charge is -2.28. The minimum Gasteiger partial charge on any atom is -0.463 e. The highest BCUT2D eigenvalue weighted by molar-refractivity contribution is 7.99. The van der Waals surface area contributed by atoms with Crippen molar-refractivity contribution in [1.82, 2.24) is 14.8 Å². The minimum absolute atomic E-state index is 0.320. The predicted octanol–water partition coefficient (Wildman–Crippen LogP) is 4.72. The van der Waals surface area contributed by atoms with Crippen LogP contribution in [0, 0.1) is 6.92 Å². The highest BCUT2D eigenvalue weighted by atomic mass is 32.2. The van der Waals surface area contributed by atoms with Crippen molar-refractivity contribution < 1.29 is 9.53 Å². The van der Waals surface area contributed by atoms with E-state index in [9.17, 15) is 4.79 Å². The Balaban J connectivity index is 2.00. The van der Waals surface area contributed by atoms with Crippen LogP contribution < -0.4 is 5.32 Å². The summed E-state index contributed by atoms with van der Waals surface area (Å²) >= 11 is 1.66. The molecule has 6 nitrogen and oxygen atoms in total. The fourth-order valence-corrected chi connectivity index (χ4v) is 4.19. The van der Waals surface area contributed by atoms with Gasteiger partial charge in [-0.2, -0.15) is 4.98 Å². The van der Waals surface area contributed by atoms with Crippen LogP contribution >= 0.6 is 11.8 Å². The number of allylic oxidation sites excluding steroid dienone is 1. The van der Waals surface area contributed by atoms with Crippen molar-refractivity contribution in [1.29, 1.82) is 0 Å². The molecule has 0 amide bonds. The van der Waals surface area contributed by atoms with Crippen LogP contribution in [0.25, 0.3) is 0 Å². The molecule has 0 spiro atoms. The molecule has 1 N–H and O–H groups in total. The molecule has 0 fully saturated rings. The number of thioether (sulfide) groups is 1. The number of aryl methyl sites for hydroxylation is 1. The first-order chi connectivity index (χ1) is 13.6. The number of esters is 1. The molecule has 0 bridgehead atoms. The Morgan fingerprint density at radius 3 is 2.75 bits per heavy atom. The highest BCUT2D eigenvalue weighted by Gasteiger charge is 2.35. The van der Waals surface area contributed by atoms with E-state index in [1.165, 1.54) is 12.8 Å². The third-order valence-electron chi connectivity index (χ3n) is 4.79. The zero-order chi connectivity index (χ0) is 20.1. The molecule has 0 saturated heterocycles. The summed E-state index contributed by atoms with van der Waals surface area (Å²) in [5.41, 5.74) is 3.47. The third kappa shape index (κ3) is 4.24. The summed E-state index contributed by atoms with van der Waals surface area (Å²) in [6, 6.07) is 7.72. The normalized spacial score (nSPS) is 15.9. The molecular weight excluding hydrogens is 372 g/mol. The molecule has 1 aromatic carbocycles. The van der Waals surface area contributed by atoms with Gasteiger partial charge in [0.05, 0.1) is 12.2 Å². The SMILES string of the molecule is CCCCCSc1nc2n(n1)[C@H](c1ccccc1C)C(C(=O)OCC)=C(C)N2. The summed E-state index contributed by atoms with van der Waals surface area (Å²) in [5.74, 6) is 1.33. The number of hydrogen-bond donors (Lipinski definition) is 1. The van der Waals surface area contributed by atoms with Gasteiger partial charge < -0.3 is 10.1 Å². The molecule has 0 aliphatic carbocycles. The maximum Gasteiger partial charge on any atom is 0.338 e. The molecule has 1 atom stereocenters. The van der Waals surface area contributed by atoms with E-state index in [1.807, 2.05) is 49.7 Å². The van der Waals surface area contributed by atoms with E-state index < -0.39 is 0 Å². The quantitative estimate of drug-likeness (QED) is 0.393. The second-order valence-electron chi connectivity index (χ2n) is 6.86. The van der Waals surface area contributed by atoms with E-state index in [-0.39, 0.29) is 12.0 Å². The molecule has 0 saturated carbocycles. The Morgan fingerprint density at radius 1 is 1.25 bits per heavy atom. The molecule has 0 unspecified atom stereocenters. The zero-order valence-corrected chi connectivity index (χ0v) is 17.8. The maximum atomic E-state index is 12.8. The van der Waals surface area contributed by atoms with Gasteiger partial charge in [0.25, 0.3) is 0 Å². The van der Waals surface area contributed by atoms with Crippen LogP contribution in [0.4, 0.5) is 5.95 Å². The molecule has 7 heteroatoms. The first-order valence-electron chi connectivity index (χ1n) is 9.86. The number of rotatable bonds is 8. The summed E-state index contributed by atoms with van der Waals surface area (Å²) in [5, 5.41) is 8.72. The predicted molar refractivity (Wildman–Crippen MR) is 113 cm³/mol. The lowest BCUT2D eigenvalue weighted by molar-refractivity contribution is -0.139. The second kappa shape index (κ2) is 9.28. The van der Waals surface area contributed by atoms with Crippen LogP contribution in [0.2, 0.25) is 0 Å². The number of fused-ring (bicyclic) bond motifs is 1. The van der Waals surface area contributed by atoms with E-state index in [0.717, 1.165) is 34.2 Å². The Hall–Kier alpha value is -2.28. The van der Waals surface area contributed by atoms with Crippen molar-refractivity contribution in [2.24, 2.45) is 0 Å². The molecule has 1 aromatic heterocycles. The average molecular weight is 401 g/mol. The number of hydrogen-bond acceptors (Lipinski definition) is 6. The van der Waals surface area contributed by atoms with Crippen molar-refractivity contribution >= 4 is 23.7 Å². The fourth-order valence-electron chi connectivity index (χ4n) is 3.36. The van der Waals surface area contributed by atoms with Gasteiger partial charge in [-0.25, -0.2) is 9.48 Å². The molecule has 2 heterocycles. The van der Waals surface area contributed by atoms with E-state index in [1.54, 1.807) is 11.8 Å². The van der Waals surface area contributed by atoms with Gasteiger partial charge in [-0.15, -0.1) is 5.10 Å². The minimum atomic E-state index is -0.353. The number of benzene rings is 1. The molecule has 1 aliphatic rings. The van der Waals surface area contributed by atoms with Crippen LogP contribution in [0.5, 0.6) is 0 Å². The van der Waals surface area contributed by atoms with Gasteiger partial charge in [-0.3, -0.25) is 0 Å². The fraction of sp³-hybridized carbons (Fsp3) is 0.476. The van der Waals surface area contributed by atoms with Gasteiger partial charge in [0.2, 0.25) is 11.1 Å². The average Bonchev–Trinajstić information content (AvgIpc) is 3.07. The molecule has 2 aromatic rings. The summed E-state index contributed by atoms with van der Waals surface area (Å²) in [7, 11) is 0. The first kappa shape index (κ1) is 20.5. The van der Waals surface area contributed by atoms with E-state index in [4.69, 9.17) is 9.84 Å². The third-order valence-corrected chi connectivity index (χ3v) is 5.71. The first-order valence-corrected chi connectivity index (χ1v) is 10.8. The number of anilines is 1. The molecular formula is C21H28N4O2S. The number of nitrogens with zero attached hydrogens (tertiary/aromatic N) is 3. The Morgan fingerprint density at radius 2 is 2.04 bits per heavy atom. The number of unbranched alkanes of at least 4 members (excludes halogenated alkanes) is 2. The topological polar surface area (TPSA) is 69.0 Å². The number of carbonyl (C=O) groups excluding carboxylic acids is 1. The summed E-state index contributed by atoms with van der Waals surface area (Å²) in [6.45, 7) is 8.29. The summed E-state index contributed by atoms with van der Waals surface area (Å²) < 4.78 is 7.18. The number of nitrogens with one attached hydrogen (secondary N) is 1. The summed E-state index contributed by atoms with van der Waals surface area (Å²) in [6.07, 6.45) is 3.54. The van der Waals surface area contributed by atoms with E-state index in [0.29, 0.717) is 18.1 Å². The van der Waals surface area contributed by atoms with Gasteiger partial charge in [0, 0.05) is 11.4 Å². The van der Waals surface area contributed by atoms with Crippen molar-refractivity contribution in [3.8, 4) is 0 Å². The van der Waals surface area contributed by atoms with Gasteiger partial charge >= 0.3 is 5.97 Å². The Bertz CT molecular complexity index is 875.